The maximum absolute atomic E-state index is 13.4. The molecule has 182 valence electrons. The van der Waals surface area contributed by atoms with Crippen LogP contribution >= 0.6 is 0 Å². The van der Waals surface area contributed by atoms with Crippen molar-refractivity contribution in [3.63, 3.8) is 0 Å². The summed E-state index contributed by atoms with van der Waals surface area (Å²) in [6.07, 6.45) is 0. The van der Waals surface area contributed by atoms with Gasteiger partial charge in [-0.25, -0.2) is 4.98 Å². The molecule has 1 aliphatic heterocycles. The number of aliphatic hydroxyl groups excluding tert-OH is 1. The van der Waals surface area contributed by atoms with Gasteiger partial charge in [0.05, 0.1) is 49.5 Å². The van der Waals surface area contributed by atoms with E-state index in [2.05, 4.69) is 9.97 Å². The average molecular weight is 485 g/mol. The van der Waals surface area contributed by atoms with Gasteiger partial charge in [-0.1, -0.05) is 24.3 Å². The topological polar surface area (TPSA) is 114 Å². The Bertz CT molecular complexity index is 1510. The van der Waals surface area contributed by atoms with Crippen molar-refractivity contribution in [1.29, 1.82) is 0 Å². The first-order valence-electron chi connectivity index (χ1n) is 11.1. The second kappa shape index (κ2) is 9.10. The summed E-state index contributed by atoms with van der Waals surface area (Å²) in [6, 6.07) is 18.0. The lowest BCUT2D eigenvalue weighted by molar-refractivity contribution is -0.132. The molecule has 1 atom stereocenters. The molecule has 9 heteroatoms. The molecule has 0 aliphatic carbocycles. The number of para-hydroxylation sites is 1. The highest BCUT2D eigenvalue weighted by molar-refractivity contribution is 6.51. The third kappa shape index (κ3) is 3.70. The van der Waals surface area contributed by atoms with Crippen LogP contribution in [-0.4, -0.2) is 48.1 Å². The van der Waals surface area contributed by atoms with Crippen molar-refractivity contribution in [3.8, 4) is 17.2 Å². The quantitative estimate of drug-likeness (QED) is 0.239. The number of aromatic nitrogens is 2. The zero-order valence-electron chi connectivity index (χ0n) is 19.8. The maximum atomic E-state index is 13.4. The van der Waals surface area contributed by atoms with Gasteiger partial charge >= 0.3 is 5.91 Å². The number of carbonyl (C=O) groups excluding carboxylic acids is 2. The monoisotopic (exact) mass is 485 g/mol. The van der Waals surface area contributed by atoms with Crippen LogP contribution in [0.5, 0.6) is 17.2 Å². The number of methoxy groups -OCH3 is 3. The lowest BCUT2D eigenvalue weighted by Gasteiger charge is -2.23. The minimum atomic E-state index is -0.955. The summed E-state index contributed by atoms with van der Waals surface area (Å²) in [4.78, 5) is 35.7. The lowest BCUT2D eigenvalue weighted by Crippen LogP contribution is -2.30. The van der Waals surface area contributed by atoms with Gasteiger partial charge in [-0.15, -0.1) is 0 Å². The molecule has 1 aliphatic rings. The van der Waals surface area contributed by atoms with Gasteiger partial charge in [0.25, 0.3) is 5.78 Å². The van der Waals surface area contributed by atoms with E-state index in [0.29, 0.717) is 39.4 Å². The van der Waals surface area contributed by atoms with E-state index in [-0.39, 0.29) is 17.3 Å². The summed E-state index contributed by atoms with van der Waals surface area (Å²) < 4.78 is 15.9. The van der Waals surface area contributed by atoms with Crippen LogP contribution in [0, 0.1) is 0 Å². The number of Topliss-reactive ketones (excluding diaryl/α,β-unsaturated/α-hetero) is 1. The first kappa shape index (κ1) is 23.0. The fourth-order valence-corrected chi connectivity index (χ4v) is 4.35. The Labute approximate surface area is 206 Å². The molecule has 1 unspecified atom stereocenters. The van der Waals surface area contributed by atoms with Gasteiger partial charge in [-0.3, -0.25) is 14.5 Å². The molecule has 1 amide bonds. The zero-order chi connectivity index (χ0) is 25.4. The van der Waals surface area contributed by atoms with E-state index < -0.39 is 17.7 Å². The van der Waals surface area contributed by atoms with Gasteiger partial charge in [0.15, 0.2) is 0 Å². The molecule has 1 fully saturated rings. The minimum absolute atomic E-state index is 0.0762. The number of H-pyrrole nitrogens is 1. The van der Waals surface area contributed by atoms with Gasteiger partial charge in [0, 0.05) is 6.07 Å². The SMILES string of the molecule is COc1ccc(C2/C(=C(\O)c3ccccc3OC)C(=O)C(=O)N2c2nc3ccc(OC)cc3[nH]2)cc1. The highest BCUT2D eigenvalue weighted by Crippen LogP contribution is 2.43. The van der Waals surface area contributed by atoms with E-state index in [4.69, 9.17) is 14.2 Å². The van der Waals surface area contributed by atoms with Crippen molar-refractivity contribution in [2.45, 2.75) is 6.04 Å². The Balaban J connectivity index is 1.73. The highest BCUT2D eigenvalue weighted by Gasteiger charge is 2.48. The molecule has 1 saturated heterocycles. The summed E-state index contributed by atoms with van der Waals surface area (Å²) in [6.45, 7) is 0. The van der Waals surface area contributed by atoms with Crippen molar-refractivity contribution in [1.82, 2.24) is 9.97 Å². The molecule has 0 radical (unpaired) electrons. The number of amides is 1. The number of fused-ring (bicyclic) bond motifs is 1. The van der Waals surface area contributed by atoms with Crippen LogP contribution in [0.2, 0.25) is 0 Å². The minimum Gasteiger partial charge on any atom is -0.507 e. The Morgan fingerprint density at radius 2 is 1.61 bits per heavy atom. The molecule has 0 bridgehead atoms. The van der Waals surface area contributed by atoms with Crippen molar-refractivity contribution < 1.29 is 28.9 Å². The second-order valence-electron chi connectivity index (χ2n) is 8.09. The Kier molecular flexibility index (Phi) is 5.81. The van der Waals surface area contributed by atoms with Crippen molar-refractivity contribution >= 4 is 34.4 Å². The highest BCUT2D eigenvalue weighted by atomic mass is 16.5. The molecule has 5 rings (SSSR count). The molecule has 1 aromatic heterocycles. The van der Waals surface area contributed by atoms with Gasteiger partial charge in [0.2, 0.25) is 5.95 Å². The average Bonchev–Trinajstić information content (AvgIpc) is 3.45. The molecule has 4 aromatic rings. The number of benzene rings is 3. The Hall–Kier alpha value is -4.79. The number of aromatic amines is 1. The van der Waals surface area contributed by atoms with Crippen LogP contribution in [-0.2, 0) is 9.59 Å². The summed E-state index contributed by atoms with van der Waals surface area (Å²) >= 11 is 0. The van der Waals surface area contributed by atoms with Gasteiger partial charge in [0.1, 0.15) is 23.0 Å². The smallest absolute Gasteiger partial charge is 0.302 e. The zero-order valence-corrected chi connectivity index (χ0v) is 19.8. The number of carbonyl (C=O) groups is 2. The van der Waals surface area contributed by atoms with Crippen LogP contribution in [0.25, 0.3) is 16.8 Å². The second-order valence-corrected chi connectivity index (χ2v) is 8.09. The predicted molar refractivity (Wildman–Crippen MR) is 133 cm³/mol. The predicted octanol–water partition coefficient (Wildman–Crippen LogP) is 4.22. The van der Waals surface area contributed by atoms with Gasteiger partial charge in [-0.05, 0) is 42.0 Å². The summed E-state index contributed by atoms with van der Waals surface area (Å²) in [5.41, 5.74) is 2.03. The van der Waals surface area contributed by atoms with E-state index >= 15 is 0 Å². The molecular formula is C27H23N3O6. The lowest BCUT2D eigenvalue weighted by atomic mass is 9.95. The molecule has 2 N–H and O–H groups in total. The van der Waals surface area contributed by atoms with Crippen LogP contribution < -0.4 is 19.1 Å². The largest absolute Gasteiger partial charge is 0.507 e. The number of ether oxygens (including phenoxy) is 3. The first-order chi connectivity index (χ1) is 17.5. The number of nitrogens with one attached hydrogen (secondary N) is 1. The van der Waals surface area contributed by atoms with Gasteiger partial charge < -0.3 is 24.3 Å². The van der Waals surface area contributed by atoms with Crippen LogP contribution in [0.1, 0.15) is 17.2 Å². The van der Waals surface area contributed by atoms with E-state index in [9.17, 15) is 14.7 Å². The molecule has 0 spiro atoms. The number of imidazole rings is 1. The molecule has 0 saturated carbocycles. The van der Waals surface area contributed by atoms with E-state index in [1.165, 1.54) is 12.0 Å². The van der Waals surface area contributed by atoms with Crippen LogP contribution in [0.15, 0.2) is 72.3 Å². The normalized spacial score (nSPS) is 17.0. The summed E-state index contributed by atoms with van der Waals surface area (Å²) in [5, 5.41) is 11.4. The maximum Gasteiger partial charge on any atom is 0.302 e. The van der Waals surface area contributed by atoms with E-state index in [0.717, 1.165) is 0 Å². The molecule has 3 aromatic carbocycles. The number of anilines is 1. The number of ketones is 1. The molecule has 36 heavy (non-hydrogen) atoms. The van der Waals surface area contributed by atoms with Crippen molar-refractivity contribution in [2.75, 3.05) is 26.2 Å². The third-order valence-electron chi connectivity index (χ3n) is 6.14. The third-order valence-corrected chi connectivity index (χ3v) is 6.14. The number of nitrogens with zero attached hydrogens (tertiary/aromatic N) is 2. The van der Waals surface area contributed by atoms with E-state index in [1.54, 1.807) is 80.9 Å². The Morgan fingerprint density at radius 3 is 2.31 bits per heavy atom. The molecular weight excluding hydrogens is 462 g/mol. The standard InChI is InChI=1S/C27H23N3O6/c1-34-16-10-8-15(9-11-16)23-22(24(31)18-6-4-5-7-21(18)36-3)25(32)26(33)30(23)27-28-19-13-12-17(35-2)14-20(19)29-27/h4-14,23,31H,1-3H3,(H,28,29)/b24-22+. The number of rotatable bonds is 6. The summed E-state index contributed by atoms with van der Waals surface area (Å²) in [5.74, 6) is -0.243. The van der Waals surface area contributed by atoms with E-state index in [1.807, 2.05) is 0 Å². The van der Waals surface area contributed by atoms with Crippen LogP contribution in [0.3, 0.4) is 0 Å². The fourth-order valence-electron chi connectivity index (χ4n) is 4.35. The number of aliphatic hydroxyl groups is 1. The van der Waals surface area contributed by atoms with Crippen LogP contribution in [0.4, 0.5) is 5.95 Å². The molecule has 2 heterocycles. The Morgan fingerprint density at radius 1 is 0.917 bits per heavy atom. The fraction of sp³-hybridized carbons (Fsp3) is 0.148. The first-order valence-corrected chi connectivity index (χ1v) is 11.1. The van der Waals surface area contributed by atoms with Crippen molar-refractivity contribution in [2.24, 2.45) is 0 Å². The number of hydrogen-bond acceptors (Lipinski definition) is 7. The number of hydrogen-bond donors (Lipinski definition) is 2. The molecule has 9 nitrogen and oxygen atoms in total. The van der Waals surface area contributed by atoms with Crippen molar-refractivity contribution in [3.05, 3.63) is 83.4 Å². The van der Waals surface area contributed by atoms with Gasteiger partial charge in [-0.2, -0.15) is 0 Å². The summed E-state index contributed by atoms with van der Waals surface area (Å²) in [7, 11) is 4.57.